The zero-order valence-corrected chi connectivity index (χ0v) is 63.0. The lowest BCUT2D eigenvalue weighted by Gasteiger charge is -2.20. The van der Waals surface area contributed by atoms with Gasteiger partial charge in [-0.3, -0.25) is 0 Å². The third kappa shape index (κ3) is 19.3. The highest BCUT2D eigenvalue weighted by Gasteiger charge is 2.24. The van der Waals surface area contributed by atoms with Gasteiger partial charge in [-0.15, -0.1) is 0 Å². The molecule has 0 saturated heterocycles. The van der Waals surface area contributed by atoms with Gasteiger partial charge in [0.25, 0.3) is 0 Å². The summed E-state index contributed by atoms with van der Waals surface area (Å²) in [5.41, 5.74) is 25.0. The Kier molecular flexibility index (Phi) is 16.8. The Hall–Kier alpha value is -9.64. The standard InChI is InChI=1S/C27H34N.C26H32N.2C22H24N/c1-18-9-11-22(12-10-18)24-15-25(20(3)13-19(24)2)26-14-23(16-27(5,6)7)21(4)17-28(26)8;1-18-8-10-22(11-9-18)23-16-24(20(3)14-19(23)2)25-15-21(12-13-27(25)7)17-26(4,5)6;1-15-6-9-19(10-7-15)20-11-8-16(2)21(13-20)22-12-17(3)18(4)14-23(22)5;1-15-6-8-19(9-7-15)20-14-21(18(4)13-17(20)3)22-12-16(2)10-11-23(22)5/h9-15,17H,16H2,1-8H3;8-16H,17H2,1-7H3;2*6-14H,1-5H3/q4*+1/i2D3,4D3,16D2;2D3,17D2;4D3;3D3. The molecule has 0 aliphatic carbocycles. The molecule has 0 atom stereocenters. The van der Waals surface area contributed by atoms with Crippen LogP contribution in [-0.2, 0) is 40.9 Å². The van der Waals surface area contributed by atoms with Crippen molar-refractivity contribution in [3.63, 3.8) is 0 Å². The Morgan fingerprint density at radius 1 is 0.267 bits per heavy atom. The summed E-state index contributed by atoms with van der Waals surface area (Å²) in [6, 6.07) is 61.0. The molecule has 4 heteroatoms. The van der Waals surface area contributed by atoms with E-state index in [2.05, 4.69) is 79.9 Å². The van der Waals surface area contributed by atoms with E-state index in [9.17, 15) is 0 Å². The first-order valence-corrected chi connectivity index (χ1v) is 34.6. The average Bonchev–Trinajstić information content (AvgIpc) is 0.741. The van der Waals surface area contributed by atoms with E-state index in [1.165, 1.54) is 22.9 Å². The van der Waals surface area contributed by atoms with Crippen LogP contribution in [0, 0.1) is 114 Å². The van der Waals surface area contributed by atoms with Gasteiger partial charge in [0.1, 0.15) is 28.2 Å². The molecule has 0 amide bonds. The predicted octanol–water partition coefficient (Wildman–Crippen LogP) is 23.2. The van der Waals surface area contributed by atoms with E-state index in [0.29, 0.717) is 50.2 Å². The van der Waals surface area contributed by atoms with Crippen LogP contribution in [0.5, 0.6) is 0 Å². The van der Waals surface area contributed by atoms with Crippen LogP contribution in [-0.4, -0.2) is 0 Å². The fourth-order valence-corrected chi connectivity index (χ4v) is 12.4. The van der Waals surface area contributed by atoms with Crippen molar-refractivity contribution in [2.24, 2.45) is 39.0 Å². The van der Waals surface area contributed by atoms with Crippen molar-refractivity contribution < 1.29 is 44.3 Å². The third-order valence-corrected chi connectivity index (χ3v) is 18.1. The Morgan fingerprint density at radius 3 is 1.04 bits per heavy atom. The first-order valence-electron chi connectivity index (χ1n) is 44.1. The maximum atomic E-state index is 8.87. The van der Waals surface area contributed by atoms with Crippen LogP contribution in [0.15, 0.2) is 213 Å². The molecule has 0 radical (unpaired) electrons. The molecule has 4 heterocycles. The summed E-state index contributed by atoms with van der Waals surface area (Å²) in [6.45, 7) is 19.4. The molecule has 8 aromatic carbocycles. The average molecular weight is 1360 g/mol. The van der Waals surface area contributed by atoms with E-state index in [1.54, 1.807) is 56.8 Å². The molecule has 4 nitrogen and oxygen atoms in total. The molecule has 0 aliphatic heterocycles. The summed E-state index contributed by atoms with van der Waals surface area (Å²) < 4.78 is 163. The molecular weight excluding hydrogens is 1220 g/mol. The minimum atomic E-state index is -2.50. The summed E-state index contributed by atoms with van der Waals surface area (Å²) in [6.07, 6.45) is 3.65. The Balaban J connectivity index is 0.000000184. The van der Waals surface area contributed by atoms with E-state index in [0.717, 1.165) is 101 Å². The molecule has 0 bridgehead atoms. The molecule has 0 saturated carbocycles. The molecule has 0 unspecified atom stereocenters. The summed E-state index contributed by atoms with van der Waals surface area (Å²) >= 11 is 0. The Bertz CT molecular complexity index is 5740. The molecule has 0 fully saturated rings. The number of aryl methyl sites for hydroxylation is 19. The lowest BCUT2D eigenvalue weighted by Crippen LogP contribution is -2.32. The fourth-order valence-electron chi connectivity index (χ4n) is 12.4. The number of aromatic nitrogens is 4. The summed E-state index contributed by atoms with van der Waals surface area (Å²) in [7, 11) is 7.57. The van der Waals surface area contributed by atoms with E-state index in [4.69, 9.17) is 26.0 Å². The molecule has 101 heavy (non-hydrogen) atoms. The van der Waals surface area contributed by atoms with Crippen LogP contribution < -0.4 is 18.3 Å². The topological polar surface area (TPSA) is 15.5 Å². The zero-order valence-electron chi connectivity index (χ0n) is 82.0. The van der Waals surface area contributed by atoms with E-state index < -0.39 is 57.8 Å². The van der Waals surface area contributed by atoms with Gasteiger partial charge in [-0.1, -0.05) is 191 Å². The van der Waals surface area contributed by atoms with Gasteiger partial charge >= 0.3 is 0 Å². The lowest BCUT2D eigenvalue weighted by molar-refractivity contribution is -0.660. The SMILES string of the molecule is [2H]C([2H])([2H])c1c[n+](C)c(-c2cc(-c3ccc(C)cc3)ccc2C)cc1C.[2H]C([2H])([2H])c1cc(C)c(-c2cc(C([2H])([2H])C(C)(C)C)c(C([2H])([2H])[2H])c[n+]2C)cc1-c1ccc(C)cc1.[2H]C([2H])([2H])c1cc(C)c(-c2cc(C([2H])([2H])C(C)(C)C)cc[n+]2C)cc1-c1ccc(C)cc1.[2H]C([2H])([2H])c1cc(C)c(-c2cc(C)cc[n+]2C)cc1-c1ccc(C)cc1. The van der Waals surface area contributed by atoms with Gasteiger partial charge in [0.2, 0.25) is 22.8 Å². The molecule has 0 aliphatic rings. The van der Waals surface area contributed by atoms with Crippen LogP contribution >= 0.6 is 0 Å². The maximum Gasteiger partial charge on any atom is 0.212 e. The molecule has 518 valence electrons. The van der Waals surface area contributed by atoms with Gasteiger partial charge in [-0.2, -0.15) is 0 Å². The second-order valence-corrected chi connectivity index (χ2v) is 29.5. The van der Waals surface area contributed by atoms with Crippen LogP contribution in [0.25, 0.3) is 89.5 Å². The van der Waals surface area contributed by atoms with Crippen LogP contribution in [0.4, 0.5) is 0 Å². The van der Waals surface area contributed by atoms with Crippen molar-refractivity contribution >= 4 is 0 Å². The number of benzene rings is 8. The van der Waals surface area contributed by atoms with E-state index in [-0.39, 0.29) is 16.7 Å². The third-order valence-electron chi connectivity index (χ3n) is 18.1. The first-order chi connectivity index (χ1) is 55.2. The normalized spacial score (nSPS) is 15.0. The number of nitrogens with zero attached hydrogens (tertiary/aromatic N) is 4. The van der Waals surface area contributed by atoms with Crippen LogP contribution in [0.2, 0.25) is 0 Å². The Labute approximate surface area is 635 Å². The smallest absolute Gasteiger partial charge is 0.201 e. The van der Waals surface area contributed by atoms with Crippen molar-refractivity contribution in [2.45, 2.75) is 158 Å². The minimum absolute atomic E-state index is 0.0378. The van der Waals surface area contributed by atoms with E-state index in [1.807, 2.05) is 227 Å². The van der Waals surface area contributed by atoms with Gasteiger partial charge in [0.05, 0.1) is 0 Å². The quantitative estimate of drug-likeness (QED) is 0.121. The summed E-state index contributed by atoms with van der Waals surface area (Å²) in [4.78, 5) is 0. The largest absolute Gasteiger partial charge is 0.212 e. The number of hydrogen-bond donors (Lipinski definition) is 0. The Morgan fingerprint density at radius 2 is 0.624 bits per heavy atom. The molecular formula is C97H114N4+4. The second-order valence-electron chi connectivity index (χ2n) is 29.5. The van der Waals surface area contributed by atoms with Gasteiger partial charge in [0.15, 0.2) is 24.8 Å². The minimum Gasteiger partial charge on any atom is -0.201 e. The monoisotopic (exact) mass is 1350 g/mol. The molecule has 12 aromatic rings. The predicted molar refractivity (Wildman–Crippen MR) is 431 cm³/mol. The van der Waals surface area contributed by atoms with Gasteiger partial charge in [-0.05, 0) is 257 Å². The van der Waals surface area contributed by atoms with Crippen molar-refractivity contribution in [1.82, 2.24) is 0 Å². The fraction of sp³-hybridized carbons (Fsp3) is 0.299. The lowest BCUT2D eigenvalue weighted by atomic mass is 9.86. The number of hydrogen-bond acceptors (Lipinski definition) is 0. The van der Waals surface area contributed by atoms with Crippen LogP contribution in [0.1, 0.15) is 162 Å². The number of rotatable bonds is 10. The highest BCUT2D eigenvalue weighted by molar-refractivity contribution is 5.79. The maximum absolute atomic E-state index is 8.87. The van der Waals surface area contributed by atoms with E-state index >= 15 is 0 Å². The number of pyridine rings is 4. The highest BCUT2D eigenvalue weighted by atomic mass is 14.9. The molecule has 0 spiro atoms. The van der Waals surface area contributed by atoms with Crippen molar-refractivity contribution in [3.8, 4) is 89.5 Å². The van der Waals surface area contributed by atoms with Crippen molar-refractivity contribution in [3.05, 3.63) is 307 Å². The second kappa shape index (κ2) is 31.9. The van der Waals surface area contributed by atoms with Gasteiger partial charge in [0, 0.05) is 95.8 Å². The zero-order chi connectivity index (χ0) is 89.6. The summed E-state index contributed by atoms with van der Waals surface area (Å²) in [5.74, 6) is 0. The van der Waals surface area contributed by atoms with Gasteiger partial charge in [-0.25, -0.2) is 18.3 Å². The van der Waals surface area contributed by atoms with Crippen molar-refractivity contribution in [2.75, 3.05) is 0 Å². The molecule has 12 rings (SSSR count). The molecule has 4 aromatic heterocycles. The van der Waals surface area contributed by atoms with Crippen LogP contribution in [0.3, 0.4) is 0 Å². The molecule has 0 N–H and O–H groups in total. The summed E-state index contributed by atoms with van der Waals surface area (Å²) in [5, 5.41) is 0. The van der Waals surface area contributed by atoms with Crippen molar-refractivity contribution in [1.29, 1.82) is 0 Å². The van der Waals surface area contributed by atoms with Gasteiger partial charge < -0.3 is 0 Å². The first kappa shape index (κ1) is 53.2. The highest BCUT2D eigenvalue weighted by Crippen LogP contribution is 2.37.